The maximum Gasteiger partial charge on any atom is 0.291 e. The molecule has 2 rings (SSSR count). The van der Waals surface area contributed by atoms with E-state index in [1.807, 2.05) is 18.2 Å². The first-order chi connectivity index (χ1) is 10.7. The Bertz CT molecular complexity index is 600. The Morgan fingerprint density at radius 1 is 1.27 bits per heavy atom. The minimum Gasteiger partial charge on any atom is -0.329 e. The Labute approximate surface area is 129 Å². The molecule has 0 atom stereocenters. The van der Waals surface area contributed by atoms with Gasteiger partial charge >= 0.3 is 0 Å². The molecule has 1 aliphatic rings. The zero-order chi connectivity index (χ0) is 15.9. The van der Waals surface area contributed by atoms with Crippen molar-refractivity contribution in [1.29, 1.82) is 0 Å². The van der Waals surface area contributed by atoms with Crippen LogP contribution in [0.2, 0.25) is 0 Å². The van der Waals surface area contributed by atoms with Crippen LogP contribution in [0.15, 0.2) is 60.6 Å². The molecule has 1 N–H and O–H groups in total. The van der Waals surface area contributed by atoms with Crippen molar-refractivity contribution in [2.24, 2.45) is 4.99 Å². The summed E-state index contributed by atoms with van der Waals surface area (Å²) in [5, 5.41) is 1.33. The van der Waals surface area contributed by atoms with E-state index in [1.165, 1.54) is 9.91 Å². The van der Waals surface area contributed by atoms with Crippen LogP contribution in [-0.4, -0.2) is 42.2 Å². The van der Waals surface area contributed by atoms with Crippen LogP contribution in [0, 0.1) is 0 Å². The van der Waals surface area contributed by atoms with Gasteiger partial charge in [0.25, 0.3) is 11.8 Å². The number of hydrazine groups is 1. The fraction of sp³-hybridized carbons (Fsp3) is 0.188. The van der Waals surface area contributed by atoms with E-state index in [1.54, 1.807) is 24.3 Å². The maximum atomic E-state index is 12.5. The van der Waals surface area contributed by atoms with Gasteiger partial charge in [-0.3, -0.25) is 20.0 Å². The number of rotatable bonds is 6. The quantitative estimate of drug-likeness (QED) is 0.801. The molecule has 1 aromatic carbocycles. The average molecular weight is 298 g/mol. The second-order valence-electron chi connectivity index (χ2n) is 4.63. The van der Waals surface area contributed by atoms with Crippen molar-refractivity contribution in [3.8, 4) is 0 Å². The molecule has 22 heavy (non-hydrogen) atoms. The summed E-state index contributed by atoms with van der Waals surface area (Å²) >= 11 is 0. The molecule has 6 nitrogen and oxygen atoms in total. The fourth-order valence-electron chi connectivity index (χ4n) is 2.02. The molecule has 2 amide bonds. The van der Waals surface area contributed by atoms with E-state index in [0.717, 1.165) is 0 Å². The molecule has 0 spiro atoms. The maximum absolute atomic E-state index is 12.5. The van der Waals surface area contributed by atoms with Crippen LogP contribution >= 0.6 is 0 Å². The number of para-hydroxylation sites is 1. The molecule has 0 unspecified atom stereocenters. The number of carbonyl (C=O) groups excluding carboxylic acids is 2. The van der Waals surface area contributed by atoms with Gasteiger partial charge in [-0.1, -0.05) is 30.4 Å². The molecule has 0 saturated heterocycles. The zero-order valence-corrected chi connectivity index (χ0v) is 12.2. The third-order valence-electron chi connectivity index (χ3n) is 3.04. The van der Waals surface area contributed by atoms with Crippen LogP contribution in [0.25, 0.3) is 0 Å². The van der Waals surface area contributed by atoms with Crippen molar-refractivity contribution in [3.63, 3.8) is 0 Å². The first-order valence-corrected chi connectivity index (χ1v) is 6.87. The van der Waals surface area contributed by atoms with Gasteiger partial charge in [0.2, 0.25) is 5.84 Å². The molecule has 1 heterocycles. The lowest BCUT2D eigenvalue weighted by atomic mass is 10.3. The highest BCUT2D eigenvalue weighted by Gasteiger charge is 2.27. The molecule has 0 fully saturated rings. The van der Waals surface area contributed by atoms with Gasteiger partial charge in [0.1, 0.15) is 6.54 Å². The smallest absolute Gasteiger partial charge is 0.291 e. The summed E-state index contributed by atoms with van der Waals surface area (Å²) < 4.78 is 0. The highest BCUT2D eigenvalue weighted by atomic mass is 16.2. The Kier molecular flexibility index (Phi) is 5.08. The summed E-state index contributed by atoms with van der Waals surface area (Å²) in [5.41, 5.74) is 3.45. The summed E-state index contributed by atoms with van der Waals surface area (Å²) in [4.78, 5) is 30.0. The SMILES string of the molecule is C=CCN(CC=C)C(=O)C1=NCC(=O)N(c2ccccc2)N1. The average Bonchev–Trinajstić information content (AvgIpc) is 2.55. The molecule has 0 saturated carbocycles. The van der Waals surface area contributed by atoms with Gasteiger partial charge < -0.3 is 4.90 Å². The van der Waals surface area contributed by atoms with Crippen molar-refractivity contribution in [2.75, 3.05) is 24.6 Å². The van der Waals surface area contributed by atoms with Gasteiger partial charge in [-0.15, -0.1) is 13.2 Å². The van der Waals surface area contributed by atoms with E-state index in [-0.39, 0.29) is 24.2 Å². The first-order valence-electron chi connectivity index (χ1n) is 6.87. The molecule has 1 aliphatic heterocycles. The molecule has 0 aromatic heterocycles. The molecular weight excluding hydrogens is 280 g/mol. The molecule has 6 heteroatoms. The molecule has 114 valence electrons. The van der Waals surface area contributed by atoms with Gasteiger partial charge in [0.05, 0.1) is 5.69 Å². The van der Waals surface area contributed by atoms with E-state index >= 15 is 0 Å². The monoisotopic (exact) mass is 298 g/mol. The van der Waals surface area contributed by atoms with E-state index in [0.29, 0.717) is 18.8 Å². The van der Waals surface area contributed by atoms with Crippen LogP contribution in [0.1, 0.15) is 0 Å². The largest absolute Gasteiger partial charge is 0.329 e. The predicted octanol–water partition coefficient (Wildman–Crippen LogP) is 1.14. The number of hydrogen-bond donors (Lipinski definition) is 1. The number of hydrogen-bond acceptors (Lipinski definition) is 4. The second kappa shape index (κ2) is 7.21. The molecule has 0 radical (unpaired) electrons. The van der Waals surface area contributed by atoms with Crippen LogP contribution in [0.4, 0.5) is 5.69 Å². The summed E-state index contributed by atoms with van der Waals surface area (Å²) in [6.07, 6.45) is 3.26. The number of aliphatic imine (C=N–C) groups is 1. The van der Waals surface area contributed by atoms with Crippen molar-refractivity contribution in [2.45, 2.75) is 0 Å². The van der Waals surface area contributed by atoms with Crippen molar-refractivity contribution >= 4 is 23.3 Å². The van der Waals surface area contributed by atoms with E-state index in [2.05, 4.69) is 23.6 Å². The molecular formula is C16H18N4O2. The lowest BCUT2D eigenvalue weighted by Crippen LogP contribution is -2.56. The minimum absolute atomic E-state index is 0.0705. The van der Waals surface area contributed by atoms with Gasteiger partial charge in [0.15, 0.2) is 0 Å². The Morgan fingerprint density at radius 3 is 2.50 bits per heavy atom. The number of amidine groups is 1. The minimum atomic E-state index is -0.298. The summed E-state index contributed by atoms with van der Waals surface area (Å²) in [6.45, 7) is 7.95. The zero-order valence-electron chi connectivity index (χ0n) is 12.2. The number of nitrogens with one attached hydrogen (secondary N) is 1. The third-order valence-corrected chi connectivity index (χ3v) is 3.04. The van der Waals surface area contributed by atoms with Gasteiger partial charge in [-0.25, -0.2) is 5.01 Å². The second-order valence-corrected chi connectivity index (χ2v) is 4.63. The Balaban J connectivity index is 2.18. The third kappa shape index (κ3) is 3.41. The predicted molar refractivity (Wildman–Crippen MR) is 86.3 cm³/mol. The highest BCUT2D eigenvalue weighted by Crippen LogP contribution is 2.13. The van der Waals surface area contributed by atoms with Crippen LogP contribution < -0.4 is 10.4 Å². The van der Waals surface area contributed by atoms with E-state index in [9.17, 15) is 9.59 Å². The van der Waals surface area contributed by atoms with Crippen molar-refractivity contribution < 1.29 is 9.59 Å². The van der Waals surface area contributed by atoms with Gasteiger partial charge in [0, 0.05) is 13.1 Å². The number of nitrogens with zero attached hydrogens (tertiary/aromatic N) is 3. The molecule has 0 bridgehead atoms. The topological polar surface area (TPSA) is 65.0 Å². The highest BCUT2D eigenvalue weighted by molar-refractivity contribution is 6.39. The molecule has 0 aliphatic carbocycles. The molecule has 1 aromatic rings. The van der Waals surface area contributed by atoms with E-state index in [4.69, 9.17) is 0 Å². The van der Waals surface area contributed by atoms with E-state index < -0.39 is 0 Å². The summed E-state index contributed by atoms with van der Waals surface area (Å²) in [7, 11) is 0. The van der Waals surface area contributed by atoms with Crippen molar-refractivity contribution in [1.82, 2.24) is 10.3 Å². The van der Waals surface area contributed by atoms with Crippen LogP contribution in [0.3, 0.4) is 0 Å². The lowest BCUT2D eigenvalue weighted by molar-refractivity contribution is -0.123. The standard InChI is InChI=1S/C16H18N4O2/c1-3-10-19(11-4-2)16(22)15-17-12-14(21)20(18-15)13-8-6-5-7-9-13/h3-9H,1-2,10-12H2,(H,17,18). The van der Waals surface area contributed by atoms with Crippen LogP contribution in [-0.2, 0) is 9.59 Å². The number of anilines is 1. The number of benzene rings is 1. The summed E-state index contributed by atoms with van der Waals surface area (Å²) in [5.74, 6) is -0.387. The summed E-state index contributed by atoms with van der Waals surface area (Å²) in [6, 6.07) is 9.06. The fourth-order valence-corrected chi connectivity index (χ4v) is 2.02. The number of amides is 2. The lowest BCUT2D eigenvalue weighted by Gasteiger charge is -2.29. The van der Waals surface area contributed by atoms with Gasteiger partial charge in [-0.2, -0.15) is 0 Å². The number of carbonyl (C=O) groups is 2. The Morgan fingerprint density at radius 2 is 1.91 bits per heavy atom. The van der Waals surface area contributed by atoms with Gasteiger partial charge in [-0.05, 0) is 12.1 Å². The Hall–Kier alpha value is -2.89. The van der Waals surface area contributed by atoms with Crippen LogP contribution in [0.5, 0.6) is 0 Å². The normalized spacial score (nSPS) is 13.9. The van der Waals surface area contributed by atoms with Crippen molar-refractivity contribution in [3.05, 3.63) is 55.6 Å². The first kappa shape index (κ1) is 15.5.